The first-order chi connectivity index (χ1) is 9.47. The number of hydrogen-bond donors (Lipinski definition) is 3. The van der Waals surface area contributed by atoms with Gasteiger partial charge in [0.1, 0.15) is 5.82 Å². The van der Waals surface area contributed by atoms with E-state index in [0.29, 0.717) is 24.7 Å². The van der Waals surface area contributed by atoms with Crippen LogP contribution in [0.5, 0.6) is 0 Å². The van der Waals surface area contributed by atoms with Gasteiger partial charge in [-0.2, -0.15) is 4.98 Å². The number of nitrogens with one attached hydrogen (secondary N) is 1. The molecule has 106 valence electrons. The normalized spacial score (nSPS) is 10.5. The summed E-state index contributed by atoms with van der Waals surface area (Å²) in [5.41, 5.74) is 5.23. The first-order valence-corrected chi connectivity index (χ1v) is 5.82. The predicted octanol–water partition coefficient (Wildman–Crippen LogP) is 1.45. The Morgan fingerprint density at radius 2 is 2.30 bits per heavy atom. The number of carbonyl (C=O) groups is 1. The minimum Gasteiger partial charge on any atom is -0.478 e. The number of nitrogen functional groups attached to an aromatic ring is 1. The number of nitrogens with zero attached hydrogens (tertiary/aromatic N) is 2. The van der Waals surface area contributed by atoms with Crippen LogP contribution in [0.3, 0.4) is 0 Å². The van der Waals surface area contributed by atoms with E-state index in [-0.39, 0.29) is 16.9 Å². The molecule has 0 saturated carbocycles. The van der Waals surface area contributed by atoms with Crippen LogP contribution < -0.4 is 11.1 Å². The zero-order chi connectivity index (χ0) is 14.7. The number of aromatic nitrogens is 2. The van der Waals surface area contributed by atoms with Gasteiger partial charge in [-0.15, -0.1) is 0 Å². The molecule has 4 N–H and O–H groups in total. The highest BCUT2D eigenvalue weighted by atomic mass is 19.1. The highest BCUT2D eigenvalue weighted by Gasteiger charge is 2.13. The van der Waals surface area contributed by atoms with Crippen LogP contribution >= 0.6 is 0 Å². The van der Waals surface area contributed by atoms with Gasteiger partial charge in [0.15, 0.2) is 5.82 Å². The Labute approximate surface area is 113 Å². The van der Waals surface area contributed by atoms with Crippen molar-refractivity contribution in [3.63, 3.8) is 0 Å². The van der Waals surface area contributed by atoms with Gasteiger partial charge in [0.2, 0.25) is 5.89 Å². The van der Waals surface area contributed by atoms with Crippen LogP contribution in [0.4, 0.5) is 15.8 Å². The Hall–Kier alpha value is -2.64. The minimum absolute atomic E-state index is 0.0665. The lowest BCUT2D eigenvalue weighted by Gasteiger charge is -2.09. The highest BCUT2D eigenvalue weighted by molar-refractivity contribution is 5.94. The molecule has 2 aromatic rings. The summed E-state index contributed by atoms with van der Waals surface area (Å²) in [5, 5.41) is 15.4. The number of nitrogens with two attached hydrogens (primary N) is 1. The van der Waals surface area contributed by atoms with E-state index < -0.39 is 11.8 Å². The van der Waals surface area contributed by atoms with E-state index in [1.807, 2.05) is 0 Å². The topological polar surface area (TPSA) is 114 Å². The van der Waals surface area contributed by atoms with E-state index in [2.05, 4.69) is 15.5 Å². The standard InChI is InChI=1S/C12H13FN4O3/c1-6-16-11(17-20-6)2-3-15-10-4-7(12(18)19)9(14)5-8(10)13/h4-5,15H,2-3,14H2,1H3,(H,18,19). The number of rotatable bonds is 5. The van der Waals surface area contributed by atoms with E-state index in [1.54, 1.807) is 6.92 Å². The molecule has 0 fully saturated rings. The van der Waals surface area contributed by atoms with Gasteiger partial charge >= 0.3 is 5.97 Å². The van der Waals surface area contributed by atoms with Gasteiger partial charge in [-0.25, -0.2) is 9.18 Å². The lowest BCUT2D eigenvalue weighted by Crippen LogP contribution is -2.10. The van der Waals surface area contributed by atoms with Crippen molar-refractivity contribution in [1.29, 1.82) is 0 Å². The second kappa shape index (κ2) is 5.55. The number of carboxylic acids is 1. The summed E-state index contributed by atoms with van der Waals surface area (Å²) < 4.78 is 18.4. The maximum absolute atomic E-state index is 13.6. The van der Waals surface area contributed by atoms with Crippen LogP contribution in [-0.2, 0) is 6.42 Å². The van der Waals surface area contributed by atoms with Gasteiger partial charge in [0.25, 0.3) is 0 Å². The first-order valence-electron chi connectivity index (χ1n) is 5.82. The smallest absolute Gasteiger partial charge is 0.337 e. The molecule has 1 aromatic heterocycles. The Bertz CT molecular complexity index is 642. The SMILES string of the molecule is Cc1nc(CCNc2cc(C(=O)O)c(N)cc2F)no1. The monoisotopic (exact) mass is 280 g/mol. The van der Waals surface area contributed by atoms with Gasteiger partial charge < -0.3 is 20.7 Å². The van der Waals surface area contributed by atoms with Gasteiger partial charge in [-0.1, -0.05) is 5.16 Å². The number of benzene rings is 1. The van der Waals surface area contributed by atoms with Crippen LogP contribution in [0.1, 0.15) is 22.1 Å². The molecular weight excluding hydrogens is 267 g/mol. The fraction of sp³-hybridized carbons (Fsp3) is 0.250. The van der Waals surface area contributed by atoms with E-state index in [9.17, 15) is 9.18 Å². The molecule has 0 aliphatic heterocycles. The molecule has 0 atom stereocenters. The number of hydrogen-bond acceptors (Lipinski definition) is 6. The maximum atomic E-state index is 13.6. The molecule has 0 radical (unpaired) electrons. The third-order valence-electron chi connectivity index (χ3n) is 2.60. The summed E-state index contributed by atoms with van der Waals surface area (Å²) in [4.78, 5) is 14.9. The zero-order valence-corrected chi connectivity index (χ0v) is 10.7. The average molecular weight is 280 g/mol. The quantitative estimate of drug-likeness (QED) is 0.710. The number of halogens is 1. The van der Waals surface area contributed by atoms with Crippen molar-refractivity contribution in [2.75, 3.05) is 17.6 Å². The van der Waals surface area contributed by atoms with E-state index >= 15 is 0 Å². The third-order valence-corrected chi connectivity index (χ3v) is 2.60. The minimum atomic E-state index is -1.21. The molecule has 20 heavy (non-hydrogen) atoms. The Balaban J connectivity index is 2.05. The second-order valence-electron chi connectivity index (χ2n) is 4.13. The summed E-state index contributed by atoms with van der Waals surface area (Å²) in [7, 11) is 0. The summed E-state index contributed by atoms with van der Waals surface area (Å²) in [6.45, 7) is 2.00. The molecule has 0 aliphatic carbocycles. The number of anilines is 2. The average Bonchev–Trinajstić information content (AvgIpc) is 2.77. The number of aromatic carboxylic acids is 1. The molecule has 7 nitrogen and oxygen atoms in total. The van der Waals surface area contributed by atoms with Crippen LogP contribution in [-0.4, -0.2) is 27.8 Å². The highest BCUT2D eigenvalue weighted by Crippen LogP contribution is 2.22. The number of carboxylic acid groups (broad SMARTS) is 1. The molecule has 0 unspecified atom stereocenters. The second-order valence-corrected chi connectivity index (χ2v) is 4.13. The fourth-order valence-electron chi connectivity index (χ4n) is 1.66. The molecule has 0 bridgehead atoms. The van der Waals surface area contributed by atoms with Gasteiger partial charge in [-0.05, 0) is 12.1 Å². The summed E-state index contributed by atoms with van der Waals surface area (Å²) >= 11 is 0. The van der Waals surface area contributed by atoms with Crippen molar-refractivity contribution in [3.8, 4) is 0 Å². The van der Waals surface area contributed by atoms with Gasteiger partial charge in [0, 0.05) is 25.6 Å². The molecule has 2 rings (SSSR count). The Kier molecular flexibility index (Phi) is 3.83. The molecule has 0 amide bonds. The van der Waals surface area contributed by atoms with E-state index in [4.69, 9.17) is 15.4 Å². The van der Waals surface area contributed by atoms with Gasteiger partial charge in [0.05, 0.1) is 11.3 Å². The van der Waals surface area contributed by atoms with E-state index in [1.165, 1.54) is 0 Å². The summed E-state index contributed by atoms with van der Waals surface area (Å²) in [6.07, 6.45) is 0.420. The van der Waals surface area contributed by atoms with Crippen molar-refractivity contribution in [1.82, 2.24) is 10.1 Å². The summed E-state index contributed by atoms with van der Waals surface area (Å²) in [6, 6.07) is 2.14. The fourth-order valence-corrected chi connectivity index (χ4v) is 1.66. The predicted molar refractivity (Wildman–Crippen MR) is 69.0 cm³/mol. The van der Waals surface area contributed by atoms with Crippen LogP contribution in [0.25, 0.3) is 0 Å². The van der Waals surface area contributed by atoms with Crippen LogP contribution in [0.15, 0.2) is 16.7 Å². The third kappa shape index (κ3) is 3.02. The van der Waals surface area contributed by atoms with E-state index in [0.717, 1.165) is 12.1 Å². The van der Waals surface area contributed by atoms with Crippen molar-refractivity contribution in [2.45, 2.75) is 13.3 Å². The lowest BCUT2D eigenvalue weighted by atomic mass is 10.1. The number of aryl methyl sites for hydroxylation is 1. The molecule has 0 saturated heterocycles. The molecule has 1 heterocycles. The Morgan fingerprint density at radius 1 is 1.55 bits per heavy atom. The molecule has 8 heteroatoms. The van der Waals surface area contributed by atoms with Crippen LogP contribution in [0.2, 0.25) is 0 Å². The van der Waals surface area contributed by atoms with Crippen molar-refractivity contribution < 1.29 is 18.8 Å². The Morgan fingerprint density at radius 3 is 2.90 bits per heavy atom. The largest absolute Gasteiger partial charge is 0.478 e. The van der Waals surface area contributed by atoms with Gasteiger partial charge in [-0.3, -0.25) is 0 Å². The molecule has 0 aliphatic rings. The zero-order valence-electron chi connectivity index (χ0n) is 10.7. The first kappa shape index (κ1) is 13.8. The molecule has 1 aromatic carbocycles. The van der Waals surface area contributed by atoms with Crippen molar-refractivity contribution in [2.24, 2.45) is 0 Å². The summed E-state index contributed by atoms with van der Waals surface area (Å²) in [5.74, 6) is -0.882. The molecule has 0 spiro atoms. The molecular formula is C12H13FN4O3. The van der Waals surface area contributed by atoms with Crippen molar-refractivity contribution >= 4 is 17.3 Å². The van der Waals surface area contributed by atoms with Crippen LogP contribution in [0, 0.1) is 12.7 Å². The maximum Gasteiger partial charge on any atom is 0.337 e. The lowest BCUT2D eigenvalue weighted by molar-refractivity contribution is 0.0698. The van der Waals surface area contributed by atoms with Crippen molar-refractivity contribution in [3.05, 3.63) is 35.2 Å².